The fourth-order valence-electron chi connectivity index (χ4n) is 2.68. The van der Waals surface area contributed by atoms with Crippen LogP contribution in [0, 0.1) is 0 Å². The number of amides is 1. The van der Waals surface area contributed by atoms with Crippen molar-refractivity contribution >= 4 is 19.6 Å². The van der Waals surface area contributed by atoms with Gasteiger partial charge in [-0.05, 0) is 39.8 Å². The molecule has 168 valence electrons. The van der Waals surface area contributed by atoms with E-state index in [9.17, 15) is 14.2 Å². The number of para-hydroxylation sites is 1. The smallest absolute Gasteiger partial charge is 0.459 e. The highest BCUT2D eigenvalue weighted by Crippen LogP contribution is 2.45. The van der Waals surface area contributed by atoms with Gasteiger partial charge in [-0.2, -0.15) is 5.09 Å². The van der Waals surface area contributed by atoms with Crippen LogP contribution in [0.2, 0.25) is 0 Å². The third kappa shape index (κ3) is 6.76. The second kappa shape index (κ2) is 10.3. The summed E-state index contributed by atoms with van der Waals surface area (Å²) in [5, 5.41) is 11.4. The number of hydrogen-bond acceptors (Lipinski definition) is 9. The molecule has 1 aromatic rings. The predicted octanol–water partition coefficient (Wildman–Crippen LogP) is 1.76. The summed E-state index contributed by atoms with van der Waals surface area (Å²) in [5.41, 5.74) is 1.50. The summed E-state index contributed by atoms with van der Waals surface area (Å²) in [6.07, 6.45) is -2.21. The summed E-state index contributed by atoms with van der Waals surface area (Å²) in [6.45, 7) is 6.00. The average molecular weight is 446 g/mol. The molecule has 3 N–H and O–H groups in total. The van der Waals surface area contributed by atoms with Crippen molar-refractivity contribution in [2.24, 2.45) is 0 Å². The fraction of sp³-hybridized carbons (Fsp3) is 0.556. The Morgan fingerprint density at radius 3 is 2.53 bits per heavy atom. The Kier molecular flexibility index (Phi) is 8.36. The van der Waals surface area contributed by atoms with Crippen molar-refractivity contribution < 1.29 is 42.6 Å². The van der Waals surface area contributed by atoms with Gasteiger partial charge >= 0.3 is 13.7 Å². The molecule has 0 saturated carbocycles. The van der Waals surface area contributed by atoms with Crippen molar-refractivity contribution in [3.8, 4) is 5.75 Å². The van der Waals surface area contributed by atoms with Crippen molar-refractivity contribution in [3.05, 3.63) is 30.3 Å². The van der Waals surface area contributed by atoms with Crippen LogP contribution in [-0.2, 0) is 32.9 Å². The summed E-state index contributed by atoms with van der Waals surface area (Å²) < 4.78 is 40.3. The summed E-state index contributed by atoms with van der Waals surface area (Å²) in [5.74, 6) is -2.39. The highest BCUT2D eigenvalue weighted by atomic mass is 31.2. The van der Waals surface area contributed by atoms with E-state index in [0.717, 1.165) is 0 Å². The molecule has 1 heterocycles. The highest BCUT2D eigenvalue weighted by Gasteiger charge is 2.46. The number of hydroxylamine groups is 1. The zero-order chi connectivity index (χ0) is 22.4. The maximum absolute atomic E-state index is 13.4. The lowest BCUT2D eigenvalue weighted by Crippen LogP contribution is -2.42. The first-order valence-corrected chi connectivity index (χ1v) is 10.9. The van der Waals surface area contributed by atoms with E-state index in [-0.39, 0.29) is 12.4 Å². The Bertz CT molecular complexity index is 774. The molecule has 4 atom stereocenters. The number of carbonyl (C=O) groups is 2. The summed E-state index contributed by atoms with van der Waals surface area (Å²) in [7, 11) is -4.12. The third-order valence-electron chi connectivity index (χ3n) is 3.92. The average Bonchev–Trinajstić information content (AvgIpc) is 3.01. The van der Waals surface area contributed by atoms with Crippen LogP contribution in [-0.4, -0.2) is 54.3 Å². The van der Waals surface area contributed by atoms with Crippen LogP contribution in [0.15, 0.2) is 30.3 Å². The number of carbonyl (C=O) groups excluding carboxylic acids is 2. The molecule has 1 aliphatic rings. The molecule has 1 saturated heterocycles. The number of rotatable bonds is 10. The number of nitrogens with one attached hydrogen (secondary N) is 2. The van der Waals surface area contributed by atoms with Crippen LogP contribution in [0.4, 0.5) is 0 Å². The van der Waals surface area contributed by atoms with Gasteiger partial charge in [0.25, 0.3) is 5.91 Å². The van der Waals surface area contributed by atoms with Crippen LogP contribution in [0.25, 0.3) is 0 Å². The zero-order valence-electron chi connectivity index (χ0n) is 17.2. The second-order valence-electron chi connectivity index (χ2n) is 6.87. The van der Waals surface area contributed by atoms with Gasteiger partial charge in [0.2, 0.25) is 0 Å². The van der Waals surface area contributed by atoms with Gasteiger partial charge in [-0.3, -0.25) is 19.3 Å². The quantitative estimate of drug-likeness (QED) is 0.211. The van der Waals surface area contributed by atoms with Crippen LogP contribution < -0.4 is 15.1 Å². The molecule has 1 fully saturated rings. The van der Waals surface area contributed by atoms with Crippen LogP contribution in [0.1, 0.15) is 27.7 Å². The third-order valence-corrected chi connectivity index (χ3v) is 5.57. The largest absolute Gasteiger partial charge is 0.465 e. The maximum Gasteiger partial charge on any atom is 0.459 e. The standard InChI is InChI=1S/C18H27N2O9P/c1-5-25-17(22)12(2)20-30(24,29-13-9-7-6-8-10-13)26-11-14-15(16(21)19-23)28-18(3,4)27-14/h6-10,12,14-15,23H,5,11H2,1-4H3,(H,19,21)(H,20,24)/t12-,14+,15+,30?/m0/s1. The minimum Gasteiger partial charge on any atom is -0.465 e. The summed E-state index contributed by atoms with van der Waals surface area (Å²) in [4.78, 5) is 23.8. The molecule has 1 aromatic carbocycles. The molecule has 1 amide bonds. The molecule has 30 heavy (non-hydrogen) atoms. The lowest BCUT2D eigenvalue weighted by Gasteiger charge is -2.24. The van der Waals surface area contributed by atoms with E-state index < -0.39 is 50.3 Å². The molecule has 2 rings (SSSR count). The first-order valence-electron chi connectivity index (χ1n) is 9.32. The van der Waals surface area contributed by atoms with Crippen molar-refractivity contribution in [2.75, 3.05) is 13.2 Å². The topological polar surface area (TPSA) is 142 Å². The predicted molar refractivity (Wildman–Crippen MR) is 104 cm³/mol. The van der Waals surface area contributed by atoms with E-state index in [2.05, 4.69) is 5.09 Å². The molecule has 0 aromatic heterocycles. The fourth-order valence-corrected chi connectivity index (χ4v) is 4.18. The van der Waals surface area contributed by atoms with Gasteiger partial charge in [0.15, 0.2) is 11.9 Å². The van der Waals surface area contributed by atoms with E-state index in [1.807, 2.05) is 0 Å². The molecule has 12 heteroatoms. The number of benzene rings is 1. The molecule has 0 spiro atoms. The van der Waals surface area contributed by atoms with Gasteiger partial charge in [-0.15, -0.1) is 0 Å². The van der Waals surface area contributed by atoms with E-state index in [0.29, 0.717) is 0 Å². The van der Waals surface area contributed by atoms with Crippen molar-refractivity contribution in [3.63, 3.8) is 0 Å². The summed E-state index contributed by atoms with van der Waals surface area (Å²) in [6, 6.07) is 7.21. The van der Waals surface area contributed by atoms with E-state index in [1.54, 1.807) is 51.1 Å². The minimum absolute atomic E-state index is 0.149. The number of esters is 1. The van der Waals surface area contributed by atoms with Crippen LogP contribution in [0.5, 0.6) is 5.75 Å². The van der Waals surface area contributed by atoms with Crippen LogP contribution >= 0.6 is 7.75 Å². The van der Waals surface area contributed by atoms with Crippen LogP contribution in [0.3, 0.4) is 0 Å². The SMILES string of the molecule is CCOC(=O)[C@H](C)NP(=O)(OC[C@H]1OC(C)(C)O[C@H]1C(=O)NO)Oc1ccccc1. The van der Waals surface area contributed by atoms with Gasteiger partial charge in [0, 0.05) is 0 Å². The van der Waals surface area contributed by atoms with E-state index >= 15 is 0 Å². The van der Waals surface area contributed by atoms with Gasteiger partial charge in [-0.25, -0.2) is 10.0 Å². The summed E-state index contributed by atoms with van der Waals surface area (Å²) >= 11 is 0. The molecular weight excluding hydrogens is 419 g/mol. The minimum atomic E-state index is -4.12. The Balaban J connectivity index is 2.16. The first kappa shape index (κ1) is 24.3. The molecule has 0 radical (unpaired) electrons. The highest BCUT2D eigenvalue weighted by molar-refractivity contribution is 7.52. The Morgan fingerprint density at radius 1 is 1.27 bits per heavy atom. The molecule has 1 unspecified atom stereocenters. The van der Waals surface area contributed by atoms with E-state index in [1.165, 1.54) is 12.4 Å². The Labute approximate surface area is 174 Å². The lowest BCUT2D eigenvalue weighted by molar-refractivity contribution is -0.160. The first-order chi connectivity index (χ1) is 14.1. The van der Waals surface area contributed by atoms with Crippen molar-refractivity contribution in [1.82, 2.24) is 10.6 Å². The Morgan fingerprint density at radius 2 is 1.93 bits per heavy atom. The molecular formula is C18H27N2O9P. The molecule has 11 nitrogen and oxygen atoms in total. The van der Waals surface area contributed by atoms with Crippen molar-refractivity contribution in [1.29, 1.82) is 0 Å². The van der Waals surface area contributed by atoms with Gasteiger partial charge in [-0.1, -0.05) is 18.2 Å². The molecule has 0 aliphatic carbocycles. The molecule has 1 aliphatic heterocycles. The number of hydrogen-bond donors (Lipinski definition) is 3. The van der Waals surface area contributed by atoms with Crippen molar-refractivity contribution in [2.45, 2.75) is 51.7 Å². The van der Waals surface area contributed by atoms with Gasteiger partial charge < -0.3 is 18.7 Å². The second-order valence-corrected chi connectivity index (χ2v) is 8.56. The van der Waals surface area contributed by atoms with E-state index in [4.69, 9.17) is 28.5 Å². The monoisotopic (exact) mass is 446 g/mol. The molecule has 0 bridgehead atoms. The number of ether oxygens (including phenoxy) is 3. The maximum atomic E-state index is 13.4. The van der Waals surface area contributed by atoms with Gasteiger partial charge in [0.1, 0.15) is 17.9 Å². The zero-order valence-corrected chi connectivity index (χ0v) is 18.1. The lowest BCUT2D eigenvalue weighted by atomic mass is 10.2. The Hall–Kier alpha value is -2.01. The normalized spacial score (nSPS) is 23.2. The van der Waals surface area contributed by atoms with Gasteiger partial charge in [0.05, 0.1) is 13.2 Å².